The summed E-state index contributed by atoms with van der Waals surface area (Å²) in [5.74, 6) is -1.37. The zero-order valence-electron chi connectivity index (χ0n) is 15.9. The highest BCUT2D eigenvalue weighted by Gasteiger charge is 2.17. The summed E-state index contributed by atoms with van der Waals surface area (Å²) in [6.45, 7) is 6.67. The van der Waals surface area contributed by atoms with Gasteiger partial charge < -0.3 is 4.57 Å². The SMILES string of the molecule is CCn1c(=NC(=O)CCS(=O)(=O)c2ccc(F)cc2)sc2c(C)cc(C)cc21. The third-order valence-electron chi connectivity index (χ3n) is 4.41. The van der Waals surface area contributed by atoms with E-state index in [-0.39, 0.29) is 17.1 Å². The van der Waals surface area contributed by atoms with Crippen LogP contribution in [0.3, 0.4) is 0 Å². The first-order chi connectivity index (χ1) is 13.2. The van der Waals surface area contributed by atoms with Crippen molar-refractivity contribution in [1.82, 2.24) is 4.57 Å². The highest BCUT2D eigenvalue weighted by Crippen LogP contribution is 2.23. The molecule has 28 heavy (non-hydrogen) atoms. The lowest BCUT2D eigenvalue weighted by atomic mass is 10.1. The molecule has 1 aromatic heterocycles. The van der Waals surface area contributed by atoms with Gasteiger partial charge in [-0.15, -0.1) is 0 Å². The van der Waals surface area contributed by atoms with Gasteiger partial charge in [0.1, 0.15) is 5.82 Å². The average molecular weight is 421 g/mol. The first kappa shape index (κ1) is 20.4. The van der Waals surface area contributed by atoms with E-state index in [4.69, 9.17) is 0 Å². The molecule has 3 aromatic rings. The predicted molar refractivity (Wildman–Crippen MR) is 109 cm³/mol. The Kier molecular flexibility index (Phi) is 5.81. The minimum atomic E-state index is -3.67. The number of nitrogens with zero attached hydrogens (tertiary/aromatic N) is 2. The number of amides is 1. The molecule has 3 rings (SSSR count). The molecule has 0 aliphatic heterocycles. The monoisotopic (exact) mass is 420 g/mol. The molecule has 5 nitrogen and oxygen atoms in total. The van der Waals surface area contributed by atoms with Gasteiger partial charge in [-0.1, -0.05) is 17.4 Å². The molecule has 8 heteroatoms. The number of aryl methyl sites for hydroxylation is 3. The van der Waals surface area contributed by atoms with Crippen molar-refractivity contribution < 1.29 is 17.6 Å². The van der Waals surface area contributed by atoms with Gasteiger partial charge >= 0.3 is 0 Å². The average Bonchev–Trinajstić information content (AvgIpc) is 2.98. The lowest BCUT2D eigenvalue weighted by molar-refractivity contribution is -0.117. The van der Waals surface area contributed by atoms with E-state index in [0.29, 0.717) is 11.3 Å². The van der Waals surface area contributed by atoms with Gasteiger partial charge in [-0.05, 0) is 62.2 Å². The Hall–Kier alpha value is -2.32. The van der Waals surface area contributed by atoms with E-state index in [0.717, 1.165) is 33.5 Å². The van der Waals surface area contributed by atoms with Gasteiger partial charge in [-0.25, -0.2) is 12.8 Å². The summed E-state index contributed by atoms with van der Waals surface area (Å²) in [5.41, 5.74) is 3.28. The number of carbonyl (C=O) groups excluding carboxylic acids is 1. The second-order valence-corrected chi connectivity index (χ2v) is 9.67. The van der Waals surface area contributed by atoms with E-state index in [2.05, 4.69) is 17.1 Å². The molecule has 1 amide bonds. The third kappa shape index (κ3) is 4.23. The maximum Gasteiger partial charge on any atom is 0.249 e. The fourth-order valence-corrected chi connectivity index (χ4v) is 5.44. The van der Waals surface area contributed by atoms with Crippen LogP contribution in [0.4, 0.5) is 4.39 Å². The van der Waals surface area contributed by atoms with Crippen molar-refractivity contribution in [1.29, 1.82) is 0 Å². The molecule has 0 saturated carbocycles. The van der Waals surface area contributed by atoms with Crippen molar-refractivity contribution in [2.45, 2.75) is 38.6 Å². The van der Waals surface area contributed by atoms with Gasteiger partial charge in [-0.2, -0.15) is 4.99 Å². The van der Waals surface area contributed by atoms with Crippen molar-refractivity contribution in [3.8, 4) is 0 Å². The van der Waals surface area contributed by atoms with Crippen molar-refractivity contribution in [3.63, 3.8) is 0 Å². The van der Waals surface area contributed by atoms with Crippen molar-refractivity contribution >= 4 is 37.3 Å². The summed E-state index contributed by atoms with van der Waals surface area (Å²) in [7, 11) is -3.67. The van der Waals surface area contributed by atoms with Gasteiger partial charge in [0.2, 0.25) is 5.91 Å². The fraction of sp³-hybridized carbons (Fsp3) is 0.300. The lowest BCUT2D eigenvalue weighted by Gasteiger charge is -2.04. The maximum absolute atomic E-state index is 13.0. The summed E-state index contributed by atoms with van der Waals surface area (Å²) in [4.78, 5) is 17.1. The van der Waals surface area contributed by atoms with Crippen LogP contribution in [0, 0.1) is 19.7 Å². The largest absolute Gasteiger partial charge is 0.317 e. The van der Waals surface area contributed by atoms with Gasteiger partial charge in [0.15, 0.2) is 14.6 Å². The number of benzene rings is 2. The first-order valence-electron chi connectivity index (χ1n) is 8.87. The summed E-state index contributed by atoms with van der Waals surface area (Å²) >= 11 is 1.43. The van der Waals surface area contributed by atoms with E-state index in [1.54, 1.807) is 0 Å². The molecular weight excluding hydrogens is 399 g/mol. The smallest absolute Gasteiger partial charge is 0.249 e. The lowest BCUT2D eigenvalue weighted by Crippen LogP contribution is -2.17. The van der Waals surface area contributed by atoms with E-state index >= 15 is 0 Å². The molecule has 0 fully saturated rings. The highest BCUT2D eigenvalue weighted by atomic mass is 32.2. The van der Waals surface area contributed by atoms with Crippen LogP contribution in [-0.2, 0) is 21.2 Å². The molecule has 0 radical (unpaired) electrons. The van der Waals surface area contributed by atoms with Gasteiger partial charge in [0, 0.05) is 13.0 Å². The van der Waals surface area contributed by atoms with E-state index in [9.17, 15) is 17.6 Å². The van der Waals surface area contributed by atoms with Crippen molar-refractivity contribution in [3.05, 3.63) is 58.1 Å². The van der Waals surface area contributed by atoms with Crippen LogP contribution in [-0.4, -0.2) is 24.6 Å². The molecule has 0 aliphatic carbocycles. The van der Waals surface area contributed by atoms with Crippen LogP contribution in [0.25, 0.3) is 10.2 Å². The Balaban J connectivity index is 1.87. The summed E-state index contributed by atoms with van der Waals surface area (Å²) in [6, 6.07) is 8.73. The molecule has 0 saturated heterocycles. The van der Waals surface area contributed by atoms with E-state index in [1.807, 2.05) is 25.3 Å². The normalized spacial score (nSPS) is 12.6. The van der Waals surface area contributed by atoms with Crippen LogP contribution in [0.2, 0.25) is 0 Å². The second-order valence-electron chi connectivity index (χ2n) is 6.59. The minimum Gasteiger partial charge on any atom is -0.317 e. The van der Waals surface area contributed by atoms with Crippen molar-refractivity contribution in [2.24, 2.45) is 4.99 Å². The zero-order chi connectivity index (χ0) is 20.5. The van der Waals surface area contributed by atoms with Crippen LogP contribution < -0.4 is 4.80 Å². The first-order valence-corrected chi connectivity index (χ1v) is 11.3. The molecule has 1 heterocycles. The molecule has 0 spiro atoms. The quantitative estimate of drug-likeness (QED) is 0.590. The molecule has 0 aliphatic rings. The maximum atomic E-state index is 13.0. The summed E-state index contributed by atoms with van der Waals surface area (Å²) in [5, 5.41) is 0. The second kappa shape index (κ2) is 7.97. The molecular formula is C20H21FN2O3S2. The van der Waals surface area contributed by atoms with Crippen LogP contribution >= 0.6 is 11.3 Å². The Bertz CT molecular complexity index is 1210. The molecule has 148 valence electrons. The number of carbonyl (C=O) groups is 1. The number of hydrogen-bond acceptors (Lipinski definition) is 4. The summed E-state index contributed by atoms with van der Waals surface area (Å²) in [6.07, 6.45) is -0.227. The number of rotatable bonds is 5. The Morgan fingerprint density at radius 3 is 2.50 bits per heavy atom. The Labute approximate surface area is 167 Å². The molecule has 0 bridgehead atoms. The molecule has 0 unspecified atom stereocenters. The third-order valence-corrected chi connectivity index (χ3v) is 7.37. The van der Waals surface area contributed by atoms with Crippen LogP contribution in [0.15, 0.2) is 46.3 Å². The molecule has 2 aromatic carbocycles. The van der Waals surface area contributed by atoms with E-state index < -0.39 is 21.6 Å². The molecule has 0 N–H and O–H groups in total. The highest BCUT2D eigenvalue weighted by molar-refractivity contribution is 7.91. The predicted octanol–water partition coefficient (Wildman–Crippen LogP) is 3.77. The summed E-state index contributed by atoms with van der Waals surface area (Å²) < 4.78 is 40.7. The fourth-order valence-electron chi connectivity index (χ4n) is 3.05. The number of thiazole rings is 1. The van der Waals surface area contributed by atoms with Gasteiger partial charge in [-0.3, -0.25) is 4.79 Å². The number of hydrogen-bond donors (Lipinski definition) is 0. The number of sulfone groups is 1. The van der Waals surface area contributed by atoms with Gasteiger partial charge in [0.05, 0.1) is 20.9 Å². The topological polar surface area (TPSA) is 68.5 Å². The van der Waals surface area contributed by atoms with E-state index in [1.165, 1.54) is 23.5 Å². The van der Waals surface area contributed by atoms with Crippen LogP contribution in [0.1, 0.15) is 24.5 Å². The standard InChI is InChI=1S/C20H21FN2O3S2/c1-4-23-17-12-13(2)11-14(3)19(17)27-20(23)22-18(24)9-10-28(25,26)16-7-5-15(21)6-8-16/h5-8,11-12H,4,9-10H2,1-3H3. The van der Waals surface area contributed by atoms with Gasteiger partial charge in [0.25, 0.3) is 0 Å². The molecule has 0 atom stereocenters. The zero-order valence-corrected chi connectivity index (χ0v) is 17.5. The Morgan fingerprint density at radius 1 is 1.18 bits per heavy atom. The van der Waals surface area contributed by atoms with Crippen LogP contribution in [0.5, 0.6) is 0 Å². The number of aromatic nitrogens is 1. The number of fused-ring (bicyclic) bond motifs is 1. The van der Waals surface area contributed by atoms with Crippen molar-refractivity contribution in [2.75, 3.05) is 5.75 Å². The minimum absolute atomic E-state index is 0.00159. The number of halogens is 1. The Morgan fingerprint density at radius 2 is 1.86 bits per heavy atom.